The number of aromatic amines is 1. The first-order valence-corrected chi connectivity index (χ1v) is 11.0. The van der Waals surface area contributed by atoms with Crippen molar-refractivity contribution in [3.63, 3.8) is 0 Å². The summed E-state index contributed by atoms with van der Waals surface area (Å²) < 4.78 is 0. The van der Waals surface area contributed by atoms with Gasteiger partial charge in [0.1, 0.15) is 11.0 Å². The van der Waals surface area contributed by atoms with Gasteiger partial charge in [-0.3, -0.25) is 9.89 Å². The Hall–Kier alpha value is -3.34. The zero-order valence-electron chi connectivity index (χ0n) is 17.6. The largest absolute Gasteiger partial charge is 0.480 e. The third-order valence-corrected chi connectivity index (χ3v) is 6.16. The minimum atomic E-state index is -1.00. The number of aliphatic carboxylic acids is 1. The number of carboxylic acid groups (broad SMARTS) is 1. The maximum atomic E-state index is 10.9. The number of nitrogens with zero attached hydrogens (tertiary/aromatic N) is 3. The van der Waals surface area contributed by atoms with E-state index in [1.807, 2.05) is 43.3 Å². The minimum absolute atomic E-state index is 0.112. The SMILES string of the molecule is Cc1[nH]nc2ccc(-c3nnc(NC[C@@H](N)Cc4ccc(C[C@H](N)C(=O)O)cc4)s3)cc12. The molecule has 0 aliphatic rings. The molecule has 2 atom stereocenters. The number of carboxylic acids is 1. The molecular formula is C22H25N7O2S. The van der Waals surface area contributed by atoms with Crippen LogP contribution in [-0.4, -0.2) is 50.1 Å². The van der Waals surface area contributed by atoms with Gasteiger partial charge in [-0.2, -0.15) is 5.10 Å². The van der Waals surface area contributed by atoms with E-state index in [0.717, 1.165) is 43.4 Å². The lowest BCUT2D eigenvalue weighted by molar-refractivity contribution is -0.138. The molecule has 0 fully saturated rings. The standard InChI is InChI=1S/C22H25N7O2S/c1-12-17-10-15(6-7-19(17)27-26-12)20-28-29-22(32-20)25-11-16(23)8-13-2-4-14(5-3-13)9-18(24)21(30)31/h2-7,10,16,18H,8-9,11,23-24H2,1H3,(H,25,29)(H,26,27)(H,30,31)/t16-,18-/m0/s1. The smallest absolute Gasteiger partial charge is 0.320 e. The number of rotatable bonds is 9. The van der Waals surface area contributed by atoms with Crippen LogP contribution in [-0.2, 0) is 17.6 Å². The Kier molecular flexibility index (Phi) is 6.45. The van der Waals surface area contributed by atoms with E-state index >= 15 is 0 Å². The van der Waals surface area contributed by atoms with Gasteiger partial charge in [0.25, 0.3) is 0 Å². The summed E-state index contributed by atoms with van der Waals surface area (Å²) in [4.78, 5) is 10.9. The first-order chi connectivity index (χ1) is 15.4. The number of aromatic nitrogens is 4. The first-order valence-electron chi connectivity index (χ1n) is 10.2. The van der Waals surface area contributed by atoms with Crippen LogP contribution in [0.3, 0.4) is 0 Å². The van der Waals surface area contributed by atoms with E-state index in [9.17, 15) is 4.79 Å². The Balaban J connectivity index is 1.31. The van der Waals surface area contributed by atoms with E-state index in [2.05, 4.69) is 31.8 Å². The molecule has 2 aromatic carbocycles. The Morgan fingerprint density at radius 3 is 2.56 bits per heavy atom. The molecule has 0 radical (unpaired) electrons. The summed E-state index contributed by atoms with van der Waals surface area (Å²) in [6.07, 6.45) is 0.982. The third kappa shape index (κ3) is 5.10. The van der Waals surface area contributed by atoms with Gasteiger partial charge in [-0.1, -0.05) is 35.6 Å². The molecule has 0 aliphatic heterocycles. The summed E-state index contributed by atoms with van der Waals surface area (Å²) in [5, 5.41) is 30.6. The number of nitrogens with one attached hydrogen (secondary N) is 2. The van der Waals surface area contributed by atoms with Crippen LogP contribution in [0, 0.1) is 6.92 Å². The molecule has 0 unspecified atom stereocenters. The van der Waals surface area contributed by atoms with Gasteiger partial charge < -0.3 is 21.9 Å². The summed E-state index contributed by atoms with van der Waals surface area (Å²) >= 11 is 1.48. The Labute approximate surface area is 188 Å². The summed E-state index contributed by atoms with van der Waals surface area (Å²) in [5.74, 6) is -1.00. The van der Waals surface area contributed by atoms with Crippen LogP contribution in [0.25, 0.3) is 21.5 Å². The van der Waals surface area contributed by atoms with Crippen LogP contribution >= 0.6 is 11.3 Å². The van der Waals surface area contributed by atoms with Crippen molar-refractivity contribution in [3.8, 4) is 10.6 Å². The van der Waals surface area contributed by atoms with E-state index < -0.39 is 12.0 Å². The number of carbonyl (C=O) groups is 1. The predicted molar refractivity (Wildman–Crippen MR) is 126 cm³/mol. The van der Waals surface area contributed by atoms with Gasteiger partial charge in [-0.25, -0.2) is 0 Å². The van der Waals surface area contributed by atoms with Crippen molar-refractivity contribution in [2.45, 2.75) is 31.8 Å². The lowest BCUT2D eigenvalue weighted by Gasteiger charge is -2.13. The zero-order valence-corrected chi connectivity index (χ0v) is 18.4. The van der Waals surface area contributed by atoms with Crippen molar-refractivity contribution < 1.29 is 9.90 Å². The normalized spacial score (nSPS) is 13.2. The van der Waals surface area contributed by atoms with E-state index in [1.54, 1.807) is 0 Å². The molecule has 9 nitrogen and oxygen atoms in total. The van der Waals surface area contributed by atoms with Crippen molar-refractivity contribution in [1.29, 1.82) is 0 Å². The molecule has 2 heterocycles. The van der Waals surface area contributed by atoms with Gasteiger partial charge in [0.2, 0.25) is 5.13 Å². The maximum absolute atomic E-state index is 10.9. The fourth-order valence-corrected chi connectivity index (χ4v) is 4.18. The van der Waals surface area contributed by atoms with Crippen LogP contribution in [0.1, 0.15) is 16.8 Å². The lowest BCUT2D eigenvalue weighted by Crippen LogP contribution is -2.32. The maximum Gasteiger partial charge on any atom is 0.320 e. The van der Waals surface area contributed by atoms with Crippen LogP contribution in [0.15, 0.2) is 42.5 Å². The molecule has 32 heavy (non-hydrogen) atoms. The van der Waals surface area contributed by atoms with Crippen LogP contribution < -0.4 is 16.8 Å². The Morgan fingerprint density at radius 2 is 1.84 bits per heavy atom. The van der Waals surface area contributed by atoms with Crippen LogP contribution in [0.5, 0.6) is 0 Å². The van der Waals surface area contributed by atoms with Crippen molar-refractivity contribution in [3.05, 3.63) is 59.3 Å². The number of fused-ring (bicyclic) bond motifs is 1. The molecule has 0 amide bonds. The van der Waals surface area contributed by atoms with E-state index in [1.165, 1.54) is 11.3 Å². The molecule has 2 aromatic heterocycles. The third-order valence-electron chi connectivity index (χ3n) is 5.23. The average Bonchev–Trinajstić information content (AvgIpc) is 3.40. The van der Waals surface area contributed by atoms with Gasteiger partial charge in [0, 0.05) is 29.2 Å². The lowest BCUT2D eigenvalue weighted by atomic mass is 10.0. The van der Waals surface area contributed by atoms with Crippen molar-refractivity contribution in [1.82, 2.24) is 20.4 Å². The summed E-state index contributed by atoms with van der Waals surface area (Å²) in [6, 6.07) is 12.7. The van der Waals surface area contributed by atoms with Crippen molar-refractivity contribution >= 4 is 33.3 Å². The minimum Gasteiger partial charge on any atom is -0.480 e. The molecule has 166 valence electrons. The van der Waals surface area contributed by atoms with Crippen LogP contribution in [0.2, 0.25) is 0 Å². The molecule has 0 bridgehead atoms. The molecule has 4 aromatic rings. The van der Waals surface area contributed by atoms with Gasteiger partial charge in [0.05, 0.1) is 5.52 Å². The Morgan fingerprint density at radius 1 is 1.12 bits per heavy atom. The average molecular weight is 452 g/mol. The van der Waals surface area contributed by atoms with Gasteiger partial charge >= 0.3 is 5.97 Å². The molecule has 4 rings (SSSR count). The highest BCUT2D eigenvalue weighted by Crippen LogP contribution is 2.29. The highest BCUT2D eigenvalue weighted by molar-refractivity contribution is 7.18. The molecule has 0 saturated carbocycles. The molecule has 0 spiro atoms. The second kappa shape index (κ2) is 9.43. The monoisotopic (exact) mass is 451 g/mol. The number of H-pyrrole nitrogens is 1. The summed E-state index contributed by atoms with van der Waals surface area (Å²) in [6.45, 7) is 2.55. The second-order valence-electron chi connectivity index (χ2n) is 7.80. The van der Waals surface area contributed by atoms with Crippen LogP contribution in [0.4, 0.5) is 5.13 Å². The number of benzene rings is 2. The molecule has 7 N–H and O–H groups in total. The van der Waals surface area contributed by atoms with Gasteiger partial charge in [-0.05, 0) is 49.1 Å². The Bertz CT molecular complexity index is 1220. The molecule has 10 heteroatoms. The highest BCUT2D eigenvalue weighted by Gasteiger charge is 2.13. The quantitative estimate of drug-likeness (QED) is 0.260. The predicted octanol–water partition coefficient (Wildman–Crippen LogP) is 2.33. The summed E-state index contributed by atoms with van der Waals surface area (Å²) in [5.41, 5.74) is 16.8. The number of nitrogens with two attached hydrogens (primary N) is 2. The number of hydrogen-bond acceptors (Lipinski definition) is 8. The van der Waals surface area contributed by atoms with Crippen molar-refractivity contribution in [2.24, 2.45) is 11.5 Å². The fraction of sp³-hybridized carbons (Fsp3) is 0.273. The van der Waals surface area contributed by atoms with Crippen molar-refractivity contribution in [2.75, 3.05) is 11.9 Å². The first kappa shape index (κ1) is 21.9. The fourth-order valence-electron chi connectivity index (χ4n) is 3.43. The zero-order chi connectivity index (χ0) is 22.7. The second-order valence-corrected chi connectivity index (χ2v) is 8.78. The van der Waals surface area contributed by atoms with E-state index in [4.69, 9.17) is 16.6 Å². The van der Waals surface area contributed by atoms with E-state index in [-0.39, 0.29) is 6.04 Å². The molecule has 0 saturated heterocycles. The number of hydrogen-bond donors (Lipinski definition) is 5. The topological polar surface area (TPSA) is 156 Å². The van der Waals surface area contributed by atoms with E-state index in [0.29, 0.717) is 19.4 Å². The molecular weight excluding hydrogens is 426 g/mol. The summed E-state index contributed by atoms with van der Waals surface area (Å²) in [7, 11) is 0. The van der Waals surface area contributed by atoms with Gasteiger partial charge in [-0.15, -0.1) is 10.2 Å². The highest BCUT2D eigenvalue weighted by atomic mass is 32.1. The molecule has 0 aliphatic carbocycles. The van der Waals surface area contributed by atoms with Gasteiger partial charge in [0.15, 0.2) is 0 Å². The number of aryl methyl sites for hydroxylation is 1. The number of anilines is 1.